The quantitative estimate of drug-likeness (QED) is 0.785. The fourth-order valence-corrected chi connectivity index (χ4v) is 3.42. The molecule has 2 aromatic rings. The summed E-state index contributed by atoms with van der Waals surface area (Å²) < 4.78 is 5.02. The molecule has 1 aromatic heterocycles. The van der Waals surface area contributed by atoms with Crippen LogP contribution in [0.25, 0.3) is 0 Å². The van der Waals surface area contributed by atoms with Crippen LogP contribution in [0.3, 0.4) is 0 Å². The average Bonchev–Trinajstić information content (AvgIpc) is 3.11. The van der Waals surface area contributed by atoms with Gasteiger partial charge in [-0.3, -0.25) is 4.79 Å². The summed E-state index contributed by atoms with van der Waals surface area (Å²) in [6, 6.07) is 10.5. The molecule has 3 heterocycles. The maximum Gasteiger partial charge on any atom is 0.277 e. The summed E-state index contributed by atoms with van der Waals surface area (Å²) in [6.45, 7) is 1.80. The van der Waals surface area contributed by atoms with E-state index in [0.717, 1.165) is 12.8 Å². The summed E-state index contributed by atoms with van der Waals surface area (Å²) >= 11 is 0. The maximum atomic E-state index is 12.6. The Balaban J connectivity index is 1.74. The molecule has 1 fully saturated rings. The van der Waals surface area contributed by atoms with Crippen LogP contribution in [0.5, 0.6) is 0 Å². The Morgan fingerprint density at radius 3 is 2.42 bits per heavy atom. The van der Waals surface area contributed by atoms with E-state index >= 15 is 0 Å². The molecular formula is C15H14N2O2. The highest BCUT2D eigenvalue weighted by molar-refractivity contribution is 5.93. The van der Waals surface area contributed by atoms with Crippen molar-refractivity contribution >= 4 is 5.91 Å². The summed E-state index contributed by atoms with van der Waals surface area (Å²) in [6.07, 6.45) is 2.09. The molecule has 4 heteroatoms. The monoisotopic (exact) mass is 254 g/mol. The minimum Gasteiger partial charge on any atom is -0.361 e. The van der Waals surface area contributed by atoms with Gasteiger partial charge in [0.05, 0.1) is 12.1 Å². The Morgan fingerprint density at radius 1 is 1.26 bits per heavy atom. The van der Waals surface area contributed by atoms with E-state index in [1.54, 1.807) is 13.0 Å². The minimum absolute atomic E-state index is 0.0134. The van der Waals surface area contributed by atoms with Gasteiger partial charge >= 0.3 is 0 Å². The van der Waals surface area contributed by atoms with E-state index < -0.39 is 0 Å². The molecule has 0 spiro atoms. The summed E-state index contributed by atoms with van der Waals surface area (Å²) in [5, 5.41) is 3.85. The van der Waals surface area contributed by atoms with Crippen molar-refractivity contribution in [1.82, 2.24) is 10.1 Å². The van der Waals surface area contributed by atoms with Gasteiger partial charge in [-0.15, -0.1) is 0 Å². The van der Waals surface area contributed by atoms with Gasteiger partial charge in [-0.1, -0.05) is 29.4 Å². The molecule has 2 aliphatic rings. The molecule has 0 radical (unpaired) electrons. The third kappa shape index (κ3) is 1.40. The number of hydrogen-bond donors (Lipinski definition) is 0. The van der Waals surface area contributed by atoms with Gasteiger partial charge < -0.3 is 9.42 Å². The summed E-state index contributed by atoms with van der Waals surface area (Å²) in [5.74, 6) is 0.660. The van der Waals surface area contributed by atoms with E-state index in [-0.39, 0.29) is 18.0 Å². The van der Waals surface area contributed by atoms with Crippen molar-refractivity contribution in [3.63, 3.8) is 0 Å². The van der Waals surface area contributed by atoms with Crippen LogP contribution in [0.2, 0.25) is 0 Å². The Labute approximate surface area is 111 Å². The van der Waals surface area contributed by atoms with Crippen LogP contribution >= 0.6 is 0 Å². The lowest BCUT2D eigenvalue weighted by molar-refractivity contribution is 0.0686. The van der Waals surface area contributed by atoms with Crippen molar-refractivity contribution in [2.75, 3.05) is 0 Å². The van der Waals surface area contributed by atoms with Crippen molar-refractivity contribution in [2.45, 2.75) is 31.8 Å². The first kappa shape index (κ1) is 10.8. The first-order valence-electron chi connectivity index (χ1n) is 6.60. The van der Waals surface area contributed by atoms with Crippen molar-refractivity contribution in [1.29, 1.82) is 0 Å². The number of rotatable bonds is 1. The molecule has 0 aliphatic carbocycles. The lowest BCUT2D eigenvalue weighted by Crippen LogP contribution is -2.28. The SMILES string of the molecule is Cc1cc(C(=O)N2[C@H]3CC[C@H]2c2ccccc23)no1. The van der Waals surface area contributed by atoms with Crippen molar-refractivity contribution in [3.8, 4) is 0 Å². The Morgan fingerprint density at radius 2 is 1.89 bits per heavy atom. The van der Waals surface area contributed by atoms with Gasteiger partial charge in [0.2, 0.25) is 0 Å². The van der Waals surface area contributed by atoms with Crippen LogP contribution in [-0.4, -0.2) is 16.0 Å². The zero-order valence-electron chi connectivity index (χ0n) is 10.7. The summed E-state index contributed by atoms with van der Waals surface area (Å²) in [4.78, 5) is 14.6. The number of benzene rings is 1. The molecule has 0 unspecified atom stereocenters. The Kier molecular flexibility index (Phi) is 2.10. The Bertz CT molecular complexity index is 631. The van der Waals surface area contributed by atoms with Crippen LogP contribution in [0.1, 0.15) is 52.3 Å². The molecular weight excluding hydrogens is 240 g/mol. The molecule has 96 valence electrons. The molecule has 1 aromatic carbocycles. The van der Waals surface area contributed by atoms with Crippen molar-refractivity contribution < 1.29 is 9.32 Å². The third-order valence-corrected chi connectivity index (χ3v) is 4.18. The van der Waals surface area contributed by atoms with Crippen LogP contribution in [0.15, 0.2) is 34.9 Å². The van der Waals surface area contributed by atoms with E-state index in [2.05, 4.69) is 17.3 Å². The van der Waals surface area contributed by atoms with Gasteiger partial charge in [-0.2, -0.15) is 0 Å². The number of carbonyl (C=O) groups excluding carboxylic acids is 1. The number of fused-ring (bicyclic) bond motifs is 5. The van der Waals surface area contributed by atoms with Gasteiger partial charge in [0.15, 0.2) is 5.69 Å². The second-order valence-corrected chi connectivity index (χ2v) is 5.27. The lowest BCUT2D eigenvalue weighted by atomic mass is 9.92. The highest BCUT2D eigenvalue weighted by atomic mass is 16.5. The van der Waals surface area contributed by atoms with Gasteiger partial charge in [-0.25, -0.2) is 0 Å². The molecule has 2 bridgehead atoms. The summed E-state index contributed by atoms with van der Waals surface area (Å²) in [7, 11) is 0. The zero-order chi connectivity index (χ0) is 13.0. The predicted molar refractivity (Wildman–Crippen MR) is 68.6 cm³/mol. The smallest absolute Gasteiger partial charge is 0.277 e. The molecule has 19 heavy (non-hydrogen) atoms. The maximum absolute atomic E-state index is 12.6. The van der Waals surface area contributed by atoms with Crippen molar-refractivity contribution in [2.24, 2.45) is 0 Å². The molecule has 1 saturated heterocycles. The first-order chi connectivity index (χ1) is 9.25. The van der Waals surface area contributed by atoms with Crippen LogP contribution in [0.4, 0.5) is 0 Å². The first-order valence-corrected chi connectivity index (χ1v) is 6.60. The van der Waals surface area contributed by atoms with E-state index in [4.69, 9.17) is 4.52 Å². The fraction of sp³-hybridized carbons (Fsp3) is 0.333. The molecule has 2 atom stereocenters. The van der Waals surface area contributed by atoms with Gasteiger partial charge in [-0.05, 0) is 30.9 Å². The standard InChI is InChI=1S/C15H14N2O2/c1-9-8-12(16-19-9)15(18)17-13-6-7-14(17)11-5-3-2-4-10(11)13/h2-5,8,13-14H,6-7H2,1H3/t13-,14-/m0/s1. The zero-order valence-corrected chi connectivity index (χ0v) is 10.7. The highest BCUT2D eigenvalue weighted by Crippen LogP contribution is 2.53. The molecule has 0 saturated carbocycles. The van der Waals surface area contributed by atoms with Gasteiger partial charge in [0.25, 0.3) is 5.91 Å². The second-order valence-electron chi connectivity index (χ2n) is 5.27. The number of aryl methyl sites for hydroxylation is 1. The van der Waals surface area contributed by atoms with Gasteiger partial charge in [0.1, 0.15) is 5.76 Å². The molecule has 1 amide bonds. The normalized spacial score (nSPS) is 23.7. The van der Waals surface area contributed by atoms with E-state index in [9.17, 15) is 4.79 Å². The van der Waals surface area contributed by atoms with Crippen LogP contribution in [-0.2, 0) is 0 Å². The fourth-order valence-electron chi connectivity index (χ4n) is 3.42. The average molecular weight is 254 g/mol. The third-order valence-electron chi connectivity index (χ3n) is 4.18. The summed E-state index contributed by atoms with van der Waals surface area (Å²) in [5.41, 5.74) is 3.02. The van der Waals surface area contributed by atoms with E-state index in [0.29, 0.717) is 11.5 Å². The predicted octanol–water partition coefficient (Wildman–Crippen LogP) is 3.02. The number of aromatic nitrogens is 1. The number of amides is 1. The number of nitrogens with zero attached hydrogens (tertiary/aromatic N) is 2. The van der Waals surface area contributed by atoms with Crippen molar-refractivity contribution in [3.05, 3.63) is 52.9 Å². The minimum atomic E-state index is -0.0134. The van der Waals surface area contributed by atoms with Crippen LogP contribution in [0, 0.1) is 6.92 Å². The van der Waals surface area contributed by atoms with E-state index in [1.165, 1.54) is 11.1 Å². The Hall–Kier alpha value is -2.10. The topological polar surface area (TPSA) is 46.3 Å². The second kappa shape index (κ2) is 3.70. The molecule has 4 rings (SSSR count). The van der Waals surface area contributed by atoms with Gasteiger partial charge in [0, 0.05) is 6.07 Å². The largest absolute Gasteiger partial charge is 0.361 e. The molecule has 4 nitrogen and oxygen atoms in total. The number of carbonyl (C=O) groups is 1. The molecule has 0 N–H and O–H groups in total. The van der Waals surface area contributed by atoms with E-state index in [1.807, 2.05) is 17.0 Å². The number of hydrogen-bond acceptors (Lipinski definition) is 3. The molecule has 2 aliphatic heterocycles. The highest BCUT2D eigenvalue weighted by Gasteiger charge is 2.46. The van der Waals surface area contributed by atoms with Crippen LogP contribution < -0.4 is 0 Å². The lowest BCUT2D eigenvalue weighted by Gasteiger charge is -2.21.